The van der Waals surface area contributed by atoms with Gasteiger partial charge in [0.1, 0.15) is 0 Å². The van der Waals surface area contributed by atoms with Gasteiger partial charge in [-0.1, -0.05) is 60.4 Å². The summed E-state index contributed by atoms with van der Waals surface area (Å²) in [4.78, 5) is 0. The van der Waals surface area contributed by atoms with Crippen molar-refractivity contribution in [3.8, 4) is 11.8 Å². The van der Waals surface area contributed by atoms with Crippen molar-refractivity contribution in [2.75, 3.05) is 6.61 Å². The minimum Gasteiger partial charge on any atom is -0.392 e. The van der Waals surface area contributed by atoms with E-state index in [1.165, 1.54) is 0 Å². The lowest BCUT2D eigenvalue weighted by molar-refractivity contribution is 0.343. The maximum absolute atomic E-state index is 8.80. The number of aliphatic hydroxyl groups is 1. The molecule has 0 atom stereocenters. The molecule has 0 spiro atoms. The summed E-state index contributed by atoms with van der Waals surface area (Å²) in [5.41, 5.74) is 2.99. The van der Waals surface area contributed by atoms with Gasteiger partial charge in [0, 0.05) is 11.1 Å². The molecule has 0 heterocycles. The van der Waals surface area contributed by atoms with Gasteiger partial charge in [0.05, 0.1) is 6.61 Å². The highest BCUT2D eigenvalue weighted by molar-refractivity contribution is 5.60. The van der Waals surface area contributed by atoms with E-state index in [1.807, 2.05) is 60.7 Å². The van der Waals surface area contributed by atoms with Gasteiger partial charge in [-0.15, -0.1) is 0 Å². The third-order valence-electron chi connectivity index (χ3n) is 2.48. The Bertz CT molecular complexity index is 586. The van der Waals surface area contributed by atoms with Crippen LogP contribution in [0.1, 0.15) is 16.7 Å². The molecule has 2 rings (SSSR count). The number of hydrogen-bond acceptors (Lipinski definition) is 1. The first-order valence-electron chi connectivity index (χ1n) is 5.83. The fourth-order valence-corrected chi connectivity index (χ4v) is 1.60. The molecule has 2 aromatic carbocycles. The van der Waals surface area contributed by atoms with Crippen molar-refractivity contribution in [2.45, 2.75) is 0 Å². The Balaban J connectivity index is 2.30. The molecule has 1 N–H and O–H groups in total. The summed E-state index contributed by atoms with van der Waals surface area (Å²) in [5.74, 6) is 6.29. The Morgan fingerprint density at radius 2 is 1.61 bits per heavy atom. The van der Waals surface area contributed by atoms with Gasteiger partial charge in [0.2, 0.25) is 0 Å². The van der Waals surface area contributed by atoms with Crippen LogP contribution in [0.4, 0.5) is 0 Å². The van der Waals surface area contributed by atoms with Crippen LogP contribution in [0.5, 0.6) is 0 Å². The van der Waals surface area contributed by atoms with Crippen LogP contribution in [-0.2, 0) is 0 Å². The molecule has 1 heteroatoms. The molecule has 0 saturated carbocycles. The average molecular weight is 234 g/mol. The standard InChI is InChI=1S/C17H14O/c18-14-6-11-16-9-4-5-10-17(16)13-12-15-7-2-1-3-8-15/h1-11,18H,14H2/b11-6+. The number of hydrogen-bond donors (Lipinski definition) is 1. The highest BCUT2D eigenvalue weighted by Gasteiger charge is 1.93. The smallest absolute Gasteiger partial charge is 0.0615 e. The van der Waals surface area contributed by atoms with Gasteiger partial charge in [-0.2, -0.15) is 0 Å². The third kappa shape index (κ3) is 3.35. The van der Waals surface area contributed by atoms with Crippen LogP contribution in [0, 0.1) is 11.8 Å². The molecule has 0 saturated heterocycles. The monoisotopic (exact) mass is 234 g/mol. The van der Waals surface area contributed by atoms with Crippen LogP contribution in [0.3, 0.4) is 0 Å². The molecule has 0 radical (unpaired) electrons. The van der Waals surface area contributed by atoms with E-state index in [9.17, 15) is 0 Å². The molecule has 0 aromatic heterocycles. The van der Waals surface area contributed by atoms with Crippen LogP contribution in [-0.4, -0.2) is 11.7 Å². The molecule has 0 aliphatic carbocycles. The minimum atomic E-state index is 0.0421. The molecule has 0 amide bonds. The SMILES string of the molecule is OC/C=C/c1ccccc1C#Cc1ccccc1. The van der Waals surface area contributed by atoms with Gasteiger partial charge >= 0.3 is 0 Å². The van der Waals surface area contributed by atoms with Gasteiger partial charge in [0.25, 0.3) is 0 Å². The van der Waals surface area contributed by atoms with Crippen molar-refractivity contribution in [3.63, 3.8) is 0 Å². The summed E-state index contributed by atoms with van der Waals surface area (Å²) in [6, 6.07) is 17.8. The fourth-order valence-electron chi connectivity index (χ4n) is 1.60. The molecular weight excluding hydrogens is 220 g/mol. The van der Waals surface area contributed by atoms with Gasteiger partial charge in [-0.25, -0.2) is 0 Å². The van der Waals surface area contributed by atoms with E-state index in [0.717, 1.165) is 16.7 Å². The Hall–Kier alpha value is -2.30. The van der Waals surface area contributed by atoms with Crippen molar-refractivity contribution in [2.24, 2.45) is 0 Å². The summed E-state index contributed by atoms with van der Waals surface area (Å²) in [6.07, 6.45) is 3.60. The van der Waals surface area contributed by atoms with Crippen LogP contribution in [0.2, 0.25) is 0 Å². The lowest BCUT2D eigenvalue weighted by Gasteiger charge is -1.97. The van der Waals surface area contributed by atoms with Crippen molar-refractivity contribution in [1.82, 2.24) is 0 Å². The van der Waals surface area contributed by atoms with E-state index >= 15 is 0 Å². The molecular formula is C17H14O. The summed E-state index contributed by atoms with van der Waals surface area (Å²) in [7, 11) is 0. The number of aliphatic hydroxyl groups excluding tert-OH is 1. The normalized spacial score (nSPS) is 10.1. The topological polar surface area (TPSA) is 20.2 Å². The van der Waals surface area contributed by atoms with Crippen molar-refractivity contribution in [1.29, 1.82) is 0 Å². The van der Waals surface area contributed by atoms with Gasteiger partial charge < -0.3 is 5.11 Å². The highest BCUT2D eigenvalue weighted by atomic mass is 16.2. The summed E-state index contributed by atoms with van der Waals surface area (Å²) < 4.78 is 0. The van der Waals surface area contributed by atoms with Crippen LogP contribution >= 0.6 is 0 Å². The number of benzene rings is 2. The largest absolute Gasteiger partial charge is 0.392 e. The van der Waals surface area contributed by atoms with Crippen molar-refractivity contribution in [3.05, 3.63) is 77.4 Å². The lowest BCUT2D eigenvalue weighted by atomic mass is 10.1. The zero-order chi connectivity index (χ0) is 12.6. The molecule has 18 heavy (non-hydrogen) atoms. The highest BCUT2D eigenvalue weighted by Crippen LogP contribution is 2.09. The second-order valence-electron chi connectivity index (χ2n) is 3.79. The Labute approximate surface area is 107 Å². The molecule has 88 valence electrons. The molecule has 2 aromatic rings. The van der Waals surface area contributed by atoms with E-state index < -0.39 is 0 Å². The Morgan fingerprint density at radius 3 is 2.39 bits per heavy atom. The lowest BCUT2D eigenvalue weighted by Crippen LogP contribution is -1.82. The molecule has 0 fully saturated rings. The zero-order valence-electron chi connectivity index (χ0n) is 10.0. The van der Waals surface area contributed by atoms with Gasteiger partial charge in [-0.05, 0) is 23.8 Å². The first-order chi connectivity index (χ1) is 8.90. The average Bonchev–Trinajstić information content (AvgIpc) is 2.45. The maximum atomic E-state index is 8.80. The zero-order valence-corrected chi connectivity index (χ0v) is 10.0. The predicted molar refractivity (Wildman–Crippen MR) is 75.0 cm³/mol. The van der Waals surface area contributed by atoms with E-state index in [4.69, 9.17) is 5.11 Å². The molecule has 0 aliphatic rings. The summed E-state index contributed by atoms with van der Waals surface area (Å²) >= 11 is 0. The molecule has 0 aliphatic heterocycles. The molecule has 0 bridgehead atoms. The van der Waals surface area contributed by atoms with Crippen LogP contribution < -0.4 is 0 Å². The Morgan fingerprint density at radius 1 is 0.889 bits per heavy atom. The molecule has 1 nitrogen and oxygen atoms in total. The second kappa shape index (κ2) is 6.44. The minimum absolute atomic E-state index is 0.0421. The second-order valence-corrected chi connectivity index (χ2v) is 3.79. The summed E-state index contributed by atoms with van der Waals surface area (Å²) in [6.45, 7) is 0.0421. The first kappa shape index (κ1) is 12.2. The van der Waals surface area contributed by atoms with Crippen LogP contribution in [0.25, 0.3) is 6.08 Å². The van der Waals surface area contributed by atoms with E-state index in [2.05, 4.69) is 11.8 Å². The van der Waals surface area contributed by atoms with Gasteiger partial charge in [0.15, 0.2) is 0 Å². The van der Waals surface area contributed by atoms with Crippen LogP contribution in [0.15, 0.2) is 60.7 Å². The van der Waals surface area contributed by atoms with Crippen molar-refractivity contribution >= 4 is 6.08 Å². The van der Waals surface area contributed by atoms with E-state index in [-0.39, 0.29) is 6.61 Å². The van der Waals surface area contributed by atoms with Crippen molar-refractivity contribution < 1.29 is 5.11 Å². The number of rotatable bonds is 2. The first-order valence-corrected chi connectivity index (χ1v) is 5.83. The maximum Gasteiger partial charge on any atom is 0.0615 e. The Kier molecular flexibility index (Phi) is 4.35. The predicted octanol–water partition coefficient (Wildman–Crippen LogP) is 3.09. The third-order valence-corrected chi connectivity index (χ3v) is 2.48. The van der Waals surface area contributed by atoms with Gasteiger partial charge in [-0.3, -0.25) is 0 Å². The summed E-state index contributed by atoms with van der Waals surface area (Å²) in [5, 5.41) is 8.80. The van der Waals surface area contributed by atoms with E-state index in [1.54, 1.807) is 6.08 Å². The fraction of sp³-hybridized carbons (Fsp3) is 0.0588. The van der Waals surface area contributed by atoms with E-state index in [0.29, 0.717) is 0 Å². The quantitative estimate of drug-likeness (QED) is 0.792. The molecule has 0 unspecified atom stereocenters.